The predicted molar refractivity (Wildman–Crippen MR) is 84.4 cm³/mol. The van der Waals surface area contributed by atoms with E-state index in [2.05, 4.69) is 5.32 Å². The lowest BCUT2D eigenvalue weighted by Gasteiger charge is -2.10. The van der Waals surface area contributed by atoms with Crippen molar-refractivity contribution >= 4 is 39.6 Å². The number of benzene rings is 2. The summed E-state index contributed by atoms with van der Waals surface area (Å²) in [6.07, 6.45) is 0. The molecule has 118 valence electrons. The molecule has 0 fully saturated rings. The van der Waals surface area contributed by atoms with Crippen LogP contribution in [-0.4, -0.2) is 15.1 Å². The first-order valence-electron chi connectivity index (χ1n) is 6.30. The van der Waals surface area contributed by atoms with Gasteiger partial charge in [-0.2, -0.15) is 0 Å². The van der Waals surface area contributed by atoms with Gasteiger partial charge in [0.1, 0.15) is 0 Å². The Kier molecular flexibility index (Phi) is 4.56. The molecule has 8 nitrogen and oxygen atoms in total. The first kappa shape index (κ1) is 16.4. The lowest BCUT2D eigenvalue weighted by molar-refractivity contribution is -0.392. The zero-order valence-electron chi connectivity index (χ0n) is 11.8. The van der Waals surface area contributed by atoms with Crippen LogP contribution in [0.25, 0.3) is 0 Å². The monoisotopic (exact) mass is 335 g/mol. The first-order chi connectivity index (χ1) is 10.8. The van der Waals surface area contributed by atoms with Gasteiger partial charge in [0.15, 0.2) is 5.69 Å². The minimum Gasteiger partial charge on any atom is -0.344 e. The molecule has 0 saturated carbocycles. The minimum absolute atomic E-state index is 0.309. The van der Waals surface area contributed by atoms with Crippen LogP contribution in [0.15, 0.2) is 36.4 Å². The lowest BCUT2D eigenvalue weighted by Crippen LogP contribution is -2.05. The number of halogens is 1. The molecular formula is C14H10ClN3O5. The van der Waals surface area contributed by atoms with Gasteiger partial charge in [0.25, 0.3) is 5.24 Å². The topological polar surface area (TPSA) is 115 Å². The largest absolute Gasteiger partial charge is 0.344 e. The molecule has 0 unspecified atom stereocenters. The second kappa shape index (κ2) is 6.41. The number of hydrogen-bond acceptors (Lipinski definition) is 6. The zero-order valence-corrected chi connectivity index (χ0v) is 12.5. The molecule has 9 heteroatoms. The SMILES string of the molecule is Cc1ccccc1Nc1c([N+](=O)[O-])cc(C(=O)Cl)cc1[N+](=O)[O-]. The van der Waals surface area contributed by atoms with Crippen molar-refractivity contribution in [2.75, 3.05) is 5.32 Å². The Bertz CT molecular complexity index is 787. The molecule has 0 atom stereocenters. The molecule has 2 aromatic rings. The third-order valence-electron chi connectivity index (χ3n) is 3.12. The molecule has 0 aliphatic heterocycles. The molecule has 0 amide bonds. The van der Waals surface area contributed by atoms with E-state index in [9.17, 15) is 25.0 Å². The smallest absolute Gasteiger partial charge is 0.300 e. The average molecular weight is 336 g/mol. The van der Waals surface area contributed by atoms with Crippen molar-refractivity contribution in [2.45, 2.75) is 6.92 Å². The molecule has 0 aliphatic rings. The summed E-state index contributed by atoms with van der Waals surface area (Å²) < 4.78 is 0. The van der Waals surface area contributed by atoms with E-state index in [1.807, 2.05) is 0 Å². The molecule has 0 aromatic heterocycles. The van der Waals surface area contributed by atoms with E-state index < -0.39 is 26.5 Å². The highest BCUT2D eigenvalue weighted by atomic mass is 35.5. The van der Waals surface area contributed by atoms with Crippen LogP contribution in [0.1, 0.15) is 15.9 Å². The van der Waals surface area contributed by atoms with Gasteiger partial charge in [0, 0.05) is 23.4 Å². The maximum atomic E-state index is 11.2. The van der Waals surface area contributed by atoms with Crippen molar-refractivity contribution < 1.29 is 14.6 Å². The number of anilines is 2. The molecule has 0 bridgehead atoms. The highest BCUT2D eigenvalue weighted by molar-refractivity contribution is 6.67. The highest BCUT2D eigenvalue weighted by Crippen LogP contribution is 2.38. The maximum Gasteiger partial charge on any atom is 0.300 e. The summed E-state index contributed by atoms with van der Waals surface area (Å²) in [6, 6.07) is 8.63. The summed E-state index contributed by atoms with van der Waals surface area (Å²) in [5.74, 6) is 0. The van der Waals surface area contributed by atoms with Crippen LogP contribution < -0.4 is 5.32 Å². The van der Waals surface area contributed by atoms with E-state index in [1.54, 1.807) is 31.2 Å². The summed E-state index contributed by atoms with van der Waals surface area (Å²) in [6.45, 7) is 1.75. The van der Waals surface area contributed by atoms with Gasteiger partial charge in [0.05, 0.1) is 9.85 Å². The standard InChI is InChI=1S/C14H10ClN3O5/c1-8-4-2-3-5-10(8)16-13-11(17(20)21)6-9(14(15)19)7-12(13)18(22)23/h2-7,16H,1H3. The Morgan fingerprint density at radius 2 is 1.61 bits per heavy atom. The van der Waals surface area contributed by atoms with E-state index in [1.165, 1.54) is 0 Å². The molecule has 23 heavy (non-hydrogen) atoms. The van der Waals surface area contributed by atoms with E-state index in [0.29, 0.717) is 5.69 Å². The van der Waals surface area contributed by atoms with Crippen molar-refractivity contribution in [3.63, 3.8) is 0 Å². The van der Waals surface area contributed by atoms with Gasteiger partial charge in [0.2, 0.25) is 0 Å². The number of rotatable bonds is 5. The van der Waals surface area contributed by atoms with Gasteiger partial charge in [-0.3, -0.25) is 25.0 Å². The van der Waals surface area contributed by atoms with Gasteiger partial charge < -0.3 is 5.32 Å². The summed E-state index contributed by atoms with van der Waals surface area (Å²) in [5.41, 5.74) is -0.619. The second-order valence-electron chi connectivity index (χ2n) is 4.62. The Morgan fingerprint density at radius 1 is 1.09 bits per heavy atom. The fourth-order valence-electron chi connectivity index (χ4n) is 1.99. The number of carbonyl (C=O) groups is 1. The van der Waals surface area contributed by atoms with Crippen LogP contribution in [0.2, 0.25) is 0 Å². The number of carbonyl (C=O) groups excluding carboxylic acids is 1. The summed E-state index contributed by atoms with van der Waals surface area (Å²) in [5, 5.41) is 24.2. The first-order valence-corrected chi connectivity index (χ1v) is 6.68. The molecule has 0 saturated heterocycles. The molecule has 2 aromatic carbocycles. The van der Waals surface area contributed by atoms with Gasteiger partial charge >= 0.3 is 11.4 Å². The van der Waals surface area contributed by atoms with Gasteiger partial charge in [-0.15, -0.1) is 0 Å². The van der Waals surface area contributed by atoms with Crippen molar-refractivity contribution in [1.29, 1.82) is 0 Å². The van der Waals surface area contributed by atoms with Crippen LogP contribution in [0.3, 0.4) is 0 Å². The van der Waals surface area contributed by atoms with Crippen LogP contribution in [0.5, 0.6) is 0 Å². The van der Waals surface area contributed by atoms with Gasteiger partial charge in [-0.05, 0) is 30.2 Å². The number of nitro groups is 2. The third kappa shape index (κ3) is 3.43. The van der Waals surface area contributed by atoms with Gasteiger partial charge in [-0.1, -0.05) is 18.2 Å². The number of nitrogens with zero attached hydrogens (tertiary/aromatic N) is 2. The minimum atomic E-state index is -1.02. The molecule has 1 N–H and O–H groups in total. The van der Waals surface area contributed by atoms with Crippen molar-refractivity contribution in [3.8, 4) is 0 Å². The van der Waals surface area contributed by atoms with Crippen LogP contribution in [0.4, 0.5) is 22.7 Å². The van der Waals surface area contributed by atoms with Crippen molar-refractivity contribution in [2.24, 2.45) is 0 Å². The molecule has 0 radical (unpaired) electrons. The van der Waals surface area contributed by atoms with Crippen LogP contribution in [-0.2, 0) is 0 Å². The van der Waals surface area contributed by atoms with Crippen molar-refractivity contribution in [3.05, 3.63) is 67.8 Å². The van der Waals surface area contributed by atoms with Crippen LogP contribution in [0, 0.1) is 27.2 Å². The molecule has 2 rings (SSSR count). The van der Waals surface area contributed by atoms with E-state index in [4.69, 9.17) is 11.6 Å². The van der Waals surface area contributed by atoms with Gasteiger partial charge in [-0.25, -0.2) is 0 Å². The highest BCUT2D eigenvalue weighted by Gasteiger charge is 2.28. The Morgan fingerprint density at radius 3 is 2.04 bits per heavy atom. The zero-order chi connectivity index (χ0) is 17.1. The Hall–Kier alpha value is -3.00. The number of hydrogen-bond donors (Lipinski definition) is 1. The number of aryl methyl sites for hydroxylation is 1. The molecule has 0 spiro atoms. The quantitative estimate of drug-likeness (QED) is 0.502. The van der Waals surface area contributed by atoms with Crippen molar-refractivity contribution in [1.82, 2.24) is 0 Å². The Labute approximate surface area is 135 Å². The number of nitro benzene ring substituents is 2. The molecular weight excluding hydrogens is 326 g/mol. The Balaban J connectivity index is 2.69. The summed E-state index contributed by atoms with van der Waals surface area (Å²) in [7, 11) is 0. The molecule has 0 heterocycles. The fourth-order valence-corrected chi connectivity index (χ4v) is 2.10. The van der Waals surface area contributed by atoms with E-state index >= 15 is 0 Å². The summed E-state index contributed by atoms with van der Waals surface area (Å²) in [4.78, 5) is 32.1. The molecule has 0 aliphatic carbocycles. The average Bonchev–Trinajstić information content (AvgIpc) is 2.48. The van der Waals surface area contributed by atoms with E-state index in [-0.39, 0.29) is 11.3 Å². The van der Waals surface area contributed by atoms with Crippen LogP contribution >= 0.6 is 11.6 Å². The number of para-hydroxylation sites is 1. The third-order valence-corrected chi connectivity index (χ3v) is 3.34. The van der Waals surface area contributed by atoms with E-state index in [0.717, 1.165) is 17.7 Å². The number of nitrogens with one attached hydrogen (secondary N) is 1. The fraction of sp³-hybridized carbons (Fsp3) is 0.0714. The predicted octanol–water partition coefficient (Wildman–Crippen LogP) is 3.93. The second-order valence-corrected chi connectivity index (χ2v) is 4.96. The normalized spacial score (nSPS) is 10.2. The lowest BCUT2D eigenvalue weighted by atomic mass is 10.1. The maximum absolute atomic E-state index is 11.2. The summed E-state index contributed by atoms with van der Waals surface area (Å²) >= 11 is 5.29.